The van der Waals surface area contributed by atoms with Gasteiger partial charge in [-0.25, -0.2) is 21.1 Å². The molecule has 0 heterocycles. The van der Waals surface area contributed by atoms with Gasteiger partial charge in [0.1, 0.15) is 12.4 Å². The quantitative estimate of drug-likeness (QED) is 0.556. The SMILES string of the molecule is Cc1c(C(=O)NCCOc2ccc(S(=O)(=O)N(C)C)cc2)cccc1N(C)S(C)(=O)=O. The Morgan fingerprint density at radius 2 is 1.61 bits per heavy atom. The lowest BCUT2D eigenvalue weighted by Crippen LogP contribution is -2.30. The normalized spacial score (nSPS) is 11.9. The molecule has 0 aliphatic heterocycles. The summed E-state index contributed by atoms with van der Waals surface area (Å²) >= 11 is 0. The van der Waals surface area contributed by atoms with E-state index in [1.54, 1.807) is 37.3 Å². The van der Waals surface area contributed by atoms with Crippen molar-refractivity contribution in [2.45, 2.75) is 11.8 Å². The first kappa shape index (κ1) is 24.6. The minimum absolute atomic E-state index is 0.160. The maximum atomic E-state index is 12.5. The molecule has 1 amide bonds. The molecule has 31 heavy (non-hydrogen) atoms. The van der Waals surface area contributed by atoms with Crippen molar-refractivity contribution in [2.24, 2.45) is 0 Å². The molecule has 0 spiro atoms. The monoisotopic (exact) mass is 469 g/mol. The fourth-order valence-electron chi connectivity index (χ4n) is 2.74. The minimum atomic E-state index is -3.50. The number of rotatable bonds is 9. The number of ether oxygens (including phenoxy) is 1. The summed E-state index contributed by atoms with van der Waals surface area (Å²) in [6.45, 7) is 2.07. The molecule has 170 valence electrons. The van der Waals surface area contributed by atoms with Crippen LogP contribution in [0.5, 0.6) is 5.75 Å². The maximum absolute atomic E-state index is 12.5. The highest BCUT2D eigenvalue weighted by molar-refractivity contribution is 7.92. The zero-order valence-corrected chi connectivity index (χ0v) is 19.7. The zero-order chi connectivity index (χ0) is 23.4. The van der Waals surface area contributed by atoms with Gasteiger partial charge in [-0.15, -0.1) is 0 Å². The summed E-state index contributed by atoms with van der Waals surface area (Å²) in [6.07, 6.45) is 1.10. The van der Waals surface area contributed by atoms with E-state index in [1.807, 2.05) is 0 Å². The third-order valence-corrected chi connectivity index (χ3v) is 7.67. The molecule has 0 aliphatic rings. The van der Waals surface area contributed by atoms with Crippen LogP contribution in [0.1, 0.15) is 15.9 Å². The predicted octanol–water partition coefficient (Wildman–Crippen LogP) is 1.45. The van der Waals surface area contributed by atoms with Crippen LogP contribution < -0.4 is 14.4 Å². The van der Waals surface area contributed by atoms with Crippen LogP contribution in [0.25, 0.3) is 0 Å². The molecule has 0 bridgehead atoms. The number of carbonyl (C=O) groups is 1. The fourth-order valence-corrected chi connectivity index (χ4v) is 4.19. The lowest BCUT2D eigenvalue weighted by Gasteiger charge is -2.20. The topological polar surface area (TPSA) is 113 Å². The highest BCUT2D eigenvalue weighted by Gasteiger charge is 2.19. The standard InChI is InChI=1S/C20H27N3O6S2/c1-15-18(7-6-8-19(15)23(4)30(5,25)26)20(24)21-13-14-29-16-9-11-17(12-10-16)31(27,28)22(2)3/h6-12H,13-14H2,1-5H3,(H,21,24). The summed E-state index contributed by atoms with van der Waals surface area (Å²) < 4.78 is 55.5. The predicted molar refractivity (Wildman–Crippen MR) is 120 cm³/mol. The zero-order valence-electron chi connectivity index (χ0n) is 18.1. The van der Waals surface area contributed by atoms with E-state index in [2.05, 4.69) is 5.32 Å². The minimum Gasteiger partial charge on any atom is -0.492 e. The molecule has 0 saturated heterocycles. The molecular formula is C20H27N3O6S2. The molecule has 0 atom stereocenters. The van der Waals surface area contributed by atoms with Gasteiger partial charge in [0.15, 0.2) is 0 Å². The van der Waals surface area contributed by atoms with E-state index >= 15 is 0 Å². The molecule has 2 rings (SSSR count). The Morgan fingerprint density at radius 3 is 2.16 bits per heavy atom. The molecule has 1 N–H and O–H groups in total. The van der Waals surface area contributed by atoms with Crippen LogP contribution in [0.4, 0.5) is 5.69 Å². The fraction of sp³-hybridized carbons (Fsp3) is 0.350. The number of amides is 1. The molecule has 2 aromatic rings. The average molecular weight is 470 g/mol. The van der Waals surface area contributed by atoms with Crippen LogP contribution in [0, 0.1) is 6.92 Å². The smallest absolute Gasteiger partial charge is 0.251 e. The Hall–Kier alpha value is -2.63. The molecule has 0 fully saturated rings. The van der Waals surface area contributed by atoms with Gasteiger partial charge < -0.3 is 10.1 Å². The van der Waals surface area contributed by atoms with E-state index in [1.165, 1.54) is 33.3 Å². The van der Waals surface area contributed by atoms with Crippen molar-refractivity contribution in [3.63, 3.8) is 0 Å². The third-order valence-electron chi connectivity index (χ3n) is 4.65. The van der Waals surface area contributed by atoms with Crippen molar-refractivity contribution in [3.8, 4) is 5.75 Å². The Labute approximate surface area is 183 Å². The van der Waals surface area contributed by atoms with Crippen molar-refractivity contribution in [2.75, 3.05) is 44.9 Å². The summed E-state index contributed by atoms with van der Waals surface area (Å²) in [5.41, 5.74) is 1.34. The van der Waals surface area contributed by atoms with Crippen LogP contribution >= 0.6 is 0 Å². The van der Waals surface area contributed by atoms with Crippen LogP contribution in [0.2, 0.25) is 0 Å². The van der Waals surface area contributed by atoms with Crippen LogP contribution in [-0.2, 0) is 20.0 Å². The average Bonchev–Trinajstić information content (AvgIpc) is 2.70. The lowest BCUT2D eigenvalue weighted by atomic mass is 10.1. The number of hydrogen-bond donors (Lipinski definition) is 1. The summed E-state index contributed by atoms with van der Waals surface area (Å²) in [5, 5.41) is 2.73. The summed E-state index contributed by atoms with van der Waals surface area (Å²) in [4.78, 5) is 12.7. The Kier molecular flexibility index (Phi) is 7.68. The summed E-state index contributed by atoms with van der Waals surface area (Å²) in [7, 11) is -2.60. The Bertz CT molecular complexity index is 1140. The van der Waals surface area contributed by atoms with Gasteiger partial charge in [0, 0.05) is 26.7 Å². The first-order valence-electron chi connectivity index (χ1n) is 9.33. The summed E-state index contributed by atoms with van der Waals surface area (Å²) in [6, 6.07) is 10.9. The second kappa shape index (κ2) is 9.67. The molecule has 2 aromatic carbocycles. The number of nitrogens with zero attached hydrogens (tertiary/aromatic N) is 2. The first-order chi connectivity index (χ1) is 14.4. The molecular weight excluding hydrogens is 442 g/mol. The third kappa shape index (κ3) is 5.96. The molecule has 0 radical (unpaired) electrons. The van der Waals surface area contributed by atoms with Crippen molar-refractivity contribution in [1.29, 1.82) is 0 Å². The number of nitrogens with one attached hydrogen (secondary N) is 1. The second-order valence-electron chi connectivity index (χ2n) is 7.04. The van der Waals surface area contributed by atoms with Gasteiger partial charge in [0.05, 0.1) is 23.4 Å². The summed E-state index contributed by atoms with van der Waals surface area (Å²) in [5.74, 6) is 0.122. The number of carbonyl (C=O) groups excluding carboxylic acids is 1. The number of hydrogen-bond acceptors (Lipinski definition) is 6. The largest absolute Gasteiger partial charge is 0.492 e. The van der Waals surface area contributed by atoms with Gasteiger partial charge in [-0.05, 0) is 48.9 Å². The van der Waals surface area contributed by atoms with E-state index in [9.17, 15) is 21.6 Å². The van der Waals surface area contributed by atoms with E-state index in [0.29, 0.717) is 22.6 Å². The molecule has 0 aliphatic carbocycles. The van der Waals surface area contributed by atoms with Gasteiger partial charge in [0.25, 0.3) is 5.91 Å². The van der Waals surface area contributed by atoms with Crippen LogP contribution in [-0.4, -0.2) is 67.6 Å². The van der Waals surface area contributed by atoms with Crippen molar-refractivity contribution >= 4 is 31.6 Å². The molecule has 0 aromatic heterocycles. The Morgan fingerprint density at radius 1 is 1.00 bits per heavy atom. The number of anilines is 1. The van der Waals surface area contributed by atoms with E-state index in [-0.39, 0.29) is 24.0 Å². The molecule has 9 nitrogen and oxygen atoms in total. The van der Waals surface area contributed by atoms with Gasteiger partial charge in [0.2, 0.25) is 20.0 Å². The second-order valence-corrected chi connectivity index (χ2v) is 11.2. The maximum Gasteiger partial charge on any atom is 0.251 e. The van der Waals surface area contributed by atoms with Crippen molar-refractivity contribution in [1.82, 2.24) is 9.62 Å². The van der Waals surface area contributed by atoms with Crippen LogP contribution in [0.3, 0.4) is 0 Å². The van der Waals surface area contributed by atoms with Crippen molar-refractivity contribution in [3.05, 3.63) is 53.6 Å². The van der Waals surface area contributed by atoms with E-state index < -0.39 is 20.0 Å². The Balaban J connectivity index is 1.96. The number of sulfonamides is 2. The van der Waals surface area contributed by atoms with Gasteiger partial charge in [-0.1, -0.05) is 6.07 Å². The molecule has 0 saturated carbocycles. The molecule has 0 unspecified atom stereocenters. The number of benzene rings is 2. The highest BCUT2D eigenvalue weighted by atomic mass is 32.2. The van der Waals surface area contributed by atoms with Crippen LogP contribution in [0.15, 0.2) is 47.4 Å². The first-order valence-corrected chi connectivity index (χ1v) is 12.6. The molecule has 11 heteroatoms. The highest BCUT2D eigenvalue weighted by Crippen LogP contribution is 2.24. The van der Waals surface area contributed by atoms with Gasteiger partial charge in [-0.3, -0.25) is 9.10 Å². The lowest BCUT2D eigenvalue weighted by molar-refractivity contribution is 0.0946. The van der Waals surface area contributed by atoms with E-state index in [0.717, 1.165) is 14.9 Å². The van der Waals surface area contributed by atoms with E-state index in [4.69, 9.17) is 4.74 Å². The van der Waals surface area contributed by atoms with Gasteiger partial charge >= 0.3 is 0 Å². The van der Waals surface area contributed by atoms with Gasteiger partial charge in [-0.2, -0.15) is 0 Å². The van der Waals surface area contributed by atoms with Crippen molar-refractivity contribution < 1.29 is 26.4 Å².